The Hall–Kier alpha value is -1.37. The maximum atomic E-state index is 12.1. The second-order valence-electron chi connectivity index (χ2n) is 5.31. The van der Waals surface area contributed by atoms with E-state index < -0.39 is 0 Å². The molecule has 0 radical (unpaired) electrons. The van der Waals surface area contributed by atoms with Crippen molar-refractivity contribution in [2.24, 2.45) is 4.99 Å². The molecule has 0 bridgehead atoms. The zero-order valence-electron chi connectivity index (χ0n) is 12.0. The van der Waals surface area contributed by atoms with Crippen LogP contribution in [-0.2, 0) is 0 Å². The molecule has 3 rings (SSSR count). The number of hydrogen-bond donors (Lipinski definition) is 1. The molecule has 1 aromatic carbocycles. The van der Waals surface area contributed by atoms with Crippen LogP contribution in [0.15, 0.2) is 35.3 Å². The summed E-state index contributed by atoms with van der Waals surface area (Å²) in [5, 5.41) is 1.09. The van der Waals surface area contributed by atoms with Gasteiger partial charge in [-0.1, -0.05) is 24.6 Å². The molecule has 5 nitrogen and oxygen atoms in total. The summed E-state index contributed by atoms with van der Waals surface area (Å²) in [5.74, 6) is -0.0856. The van der Waals surface area contributed by atoms with Gasteiger partial charge in [-0.2, -0.15) is 0 Å². The van der Waals surface area contributed by atoms with Gasteiger partial charge in [-0.15, -0.1) is 4.41 Å². The first-order valence-electron chi connectivity index (χ1n) is 7.38. The first-order chi connectivity index (χ1) is 10.3. The number of carbonyl (C=O) groups excluding carboxylic acids is 1. The third-order valence-electron chi connectivity index (χ3n) is 3.66. The Labute approximate surface area is 129 Å². The maximum absolute atomic E-state index is 12.1. The lowest BCUT2D eigenvalue weighted by Crippen LogP contribution is -2.37. The van der Waals surface area contributed by atoms with Crippen molar-refractivity contribution in [2.75, 3.05) is 26.3 Å². The molecule has 1 aromatic rings. The maximum Gasteiger partial charge on any atom is 0.266 e. The van der Waals surface area contributed by atoms with Gasteiger partial charge in [-0.3, -0.25) is 20.1 Å². The van der Waals surface area contributed by atoms with Crippen molar-refractivity contribution in [1.82, 2.24) is 14.7 Å². The van der Waals surface area contributed by atoms with Gasteiger partial charge in [0.05, 0.1) is 0 Å². The predicted octanol–water partition coefficient (Wildman–Crippen LogP) is 2.14. The van der Waals surface area contributed by atoms with Crippen molar-refractivity contribution >= 4 is 22.9 Å². The lowest BCUT2D eigenvalue weighted by molar-refractivity contribution is 0.0891. The minimum Gasteiger partial charge on any atom is -0.297 e. The van der Waals surface area contributed by atoms with E-state index in [9.17, 15) is 4.79 Å². The number of nitrogens with one attached hydrogen (secondary N) is 1. The van der Waals surface area contributed by atoms with Crippen LogP contribution in [0.5, 0.6) is 0 Å². The van der Waals surface area contributed by atoms with E-state index >= 15 is 0 Å². The molecule has 0 saturated carbocycles. The summed E-state index contributed by atoms with van der Waals surface area (Å²) in [6.07, 6.45) is 3.91. The molecule has 0 spiro atoms. The van der Waals surface area contributed by atoms with Crippen LogP contribution in [0.3, 0.4) is 0 Å². The van der Waals surface area contributed by atoms with Gasteiger partial charge in [-0.05, 0) is 50.0 Å². The average Bonchev–Trinajstić information content (AvgIpc) is 2.96. The number of nitrogens with zero attached hydrogens (tertiary/aromatic N) is 3. The zero-order valence-corrected chi connectivity index (χ0v) is 12.8. The van der Waals surface area contributed by atoms with Crippen molar-refractivity contribution < 1.29 is 4.79 Å². The number of benzene rings is 1. The molecule has 2 aliphatic heterocycles. The number of aliphatic imine (C=N–C) groups is 1. The average molecular weight is 304 g/mol. The van der Waals surface area contributed by atoms with Crippen LogP contribution in [0.1, 0.15) is 29.6 Å². The first-order valence-corrected chi connectivity index (χ1v) is 8.16. The minimum atomic E-state index is -0.0856. The molecule has 6 heteroatoms. The fourth-order valence-electron chi connectivity index (χ4n) is 2.54. The highest BCUT2D eigenvalue weighted by Crippen LogP contribution is 2.19. The molecule has 0 unspecified atom stereocenters. The Bertz CT molecular complexity index is 514. The van der Waals surface area contributed by atoms with E-state index in [2.05, 4.69) is 15.3 Å². The minimum absolute atomic E-state index is 0.0856. The van der Waals surface area contributed by atoms with Gasteiger partial charge in [-0.25, -0.2) is 0 Å². The number of carbonyl (C=O) groups is 1. The molecule has 1 amide bonds. The fraction of sp³-hybridized carbons (Fsp3) is 0.467. The van der Waals surface area contributed by atoms with Crippen LogP contribution >= 0.6 is 11.9 Å². The van der Waals surface area contributed by atoms with E-state index in [1.165, 1.54) is 31.2 Å². The SMILES string of the molecule is O=C(NN1CN=C(CN2CCCCC2)S1)c1ccccc1. The Morgan fingerprint density at radius 3 is 2.71 bits per heavy atom. The Morgan fingerprint density at radius 2 is 1.95 bits per heavy atom. The number of hydrazine groups is 1. The van der Waals surface area contributed by atoms with Gasteiger partial charge in [0.1, 0.15) is 11.7 Å². The Balaban J connectivity index is 1.46. The molecule has 1 fully saturated rings. The molecular weight excluding hydrogens is 284 g/mol. The van der Waals surface area contributed by atoms with Crippen molar-refractivity contribution in [2.45, 2.75) is 19.3 Å². The van der Waals surface area contributed by atoms with Crippen LogP contribution < -0.4 is 5.43 Å². The van der Waals surface area contributed by atoms with Gasteiger partial charge >= 0.3 is 0 Å². The number of piperidine rings is 1. The van der Waals surface area contributed by atoms with Crippen LogP contribution in [0.4, 0.5) is 0 Å². The van der Waals surface area contributed by atoms with Gasteiger partial charge in [0.15, 0.2) is 0 Å². The van der Waals surface area contributed by atoms with Gasteiger partial charge < -0.3 is 0 Å². The van der Waals surface area contributed by atoms with E-state index in [4.69, 9.17) is 0 Å². The third kappa shape index (κ3) is 4.06. The normalized spacial score (nSPS) is 20.3. The zero-order chi connectivity index (χ0) is 14.5. The summed E-state index contributed by atoms with van der Waals surface area (Å²) >= 11 is 1.54. The quantitative estimate of drug-likeness (QED) is 0.866. The Morgan fingerprint density at radius 1 is 1.19 bits per heavy atom. The summed E-state index contributed by atoms with van der Waals surface area (Å²) < 4.78 is 1.80. The largest absolute Gasteiger partial charge is 0.297 e. The molecule has 0 aromatic heterocycles. The molecule has 2 aliphatic rings. The molecular formula is C15H20N4OS. The molecule has 2 heterocycles. The summed E-state index contributed by atoms with van der Waals surface area (Å²) in [5.41, 5.74) is 3.56. The van der Waals surface area contributed by atoms with Crippen molar-refractivity contribution in [3.63, 3.8) is 0 Å². The van der Waals surface area contributed by atoms with Gasteiger partial charge in [0.25, 0.3) is 5.91 Å². The monoisotopic (exact) mass is 304 g/mol. The number of hydrogen-bond acceptors (Lipinski definition) is 5. The van der Waals surface area contributed by atoms with E-state index in [0.29, 0.717) is 12.2 Å². The highest BCUT2D eigenvalue weighted by atomic mass is 32.2. The predicted molar refractivity (Wildman–Crippen MR) is 85.9 cm³/mol. The third-order valence-corrected chi connectivity index (χ3v) is 4.56. The summed E-state index contributed by atoms with van der Waals surface area (Å²) in [6.45, 7) is 3.75. The molecule has 112 valence electrons. The van der Waals surface area contributed by atoms with E-state index in [-0.39, 0.29) is 5.91 Å². The second kappa shape index (κ2) is 7.06. The second-order valence-corrected chi connectivity index (χ2v) is 6.40. The summed E-state index contributed by atoms with van der Waals surface area (Å²) in [7, 11) is 0. The van der Waals surface area contributed by atoms with Crippen molar-refractivity contribution in [3.05, 3.63) is 35.9 Å². The van der Waals surface area contributed by atoms with E-state index in [0.717, 1.165) is 24.7 Å². The lowest BCUT2D eigenvalue weighted by atomic mass is 10.1. The summed E-state index contributed by atoms with van der Waals surface area (Å²) in [6, 6.07) is 9.26. The van der Waals surface area contributed by atoms with Crippen LogP contribution in [0.2, 0.25) is 0 Å². The van der Waals surface area contributed by atoms with Crippen LogP contribution in [-0.4, -0.2) is 46.6 Å². The topological polar surface area (TPSA) is 47.9 Å². The van der Waals surface area contributed by atoms with E-state index in [1.807, 2.05) is 30.3 Å². The molecule has 1 saturated heterocycles. The number of amides is 1. The highest BCUT2D eigenvalue weighted by Gasteiger charge is 2.22. The molecule has 1 N–H and O–H groups in total. The molecule has 0 aliphatic carbocycles. The smallest absolute Gasteiger partial charge is 0.266 e. The lowest BCUT2D eigenvalue weighted by Gasteiger charge is -2.26. The fourth-order valence-corrected chi connectivity index (χ4v) is 3.40. The Kier molecular flexibility index (Phi) is 4.90. The van der Waals surface area contributed by atoms with Crippen molar-refractivity contribution in [1.29, 1.82) is 0 Å². The summed E-state index contributed by atoms with van der Waals surface area (Å²) in [4.78, 5) is 19.0. The van der Waals surface area contributed by atoms with Crippen molar-refractivity contribution in [3.8, 4) is 0 Å². The molecule has 0 atom stereocenters. The van der Waals surface area contributed by atoms with E-state index in [1.54, 1.807) is 4.41 Å². The standard InChI is InChI=1S/C15H20N4OS/c20-15(13-7-3-1-4-8-13)17-19-12-16-14(21-19)11-18-9-5-2-6-10-18/h1,3-4,7-8H,2,5-6,9-12H2,(H,17,20). The highest BCUT2D eigenvalue weighted by molar-refractivity contribution is 8.12. The first kappa shape index (κ1) is 14.6. The molecule has 21 heavy (non-hydrogen) atoms. The number of rotatable bonds is 4. The van der Waals surface area contributed by atoms with Gasteiger partial charge in [0.2, 0.25) is 0 Å². The number of likely N-dealkylation sites (tertiary alicyclic amines) is 1. The van der Waals surface area contributed by atoms with Crippen LogP contribution in [0.25, 0.3) is 0 Å². The van der Waals surface area contributed by atoms with Crippen LogP contribution in [0, 0.1) is 0 Å². The van der Waals surface area contributed by atoms with Gasteiger partial charge in [0, 0.05) is 12.1 Å².